The molecule has 0 fully saturated rings. The first-order chi connectivity index (χ1) is 10.3. The summed E-state index contributed by atoms with van der Waals surface area (Å²) in [4.78, 5) is 0. The third kappa shape index (κ3) is 3.19. The molecule has 0 aliphatic rings. The third-order valence-corrected chi connectivity index (χ3v) is 3.83. The summed E-state index contributed by atoms with van der Waals surface area (Å²) in [6.07, 6.45) is 4.87. The molecule has 0 bridgehead atoms. The molecule has 0 aliphatic heterocycles. The van der Waals surface area contributed by atoms with Gasteiger partial charge in [0.2, 0.25) is 0 Å². The fourth-order valence-corrected chi connectivity index (χ4v) is 2.76. The van der Waals surface area contributed by atoms with E-state index in [-0.39, 0.29) is 0 Å². The molecule has 0 aliphatic carbocycles. The Morgan fingerprint density at radius 1 is 1.33 bits per heavy atom. The lowest BCUT2D eigenvalue weighted by atomic mass is 10.1. The van der Waals surface area contributed by atoms with E-state index in [0.29, 0.717) is 6.54 Å². The zero-order valence-corrected chi connectivity index (χ0v) is 13.6. The first-order valence-corrected chi connectivity index (χ1v) is 7.95. The lowest BCUT2D eigenvalue weighted by molar-refractivity contribution is 0.499. The summed E-state index contributed by atoms with van der Waals surface area (Å²) in [6, 6.07) is 8.18. The molecule has 3 rings (SSSR count). The lowest BCUT2D eigenvalue weighted by Crippen LogP contribution is -2.15. The van der Waals surface area contributed by atoms with E-state index in [2.05, 4.69) is 45.4 Å². The van der Waals surface area contributed by atoms with Crippen molar-refractivity contribution in [3.05, 3.63) is 52.5 Å². The molecule has 0 saturated carbocycles. The van der Waals surface area contributed by atoms with Gasteiger partial charge < -0.3 is 9.73 Å². The maximum atomic E-state index is 6.03. The van der Waals surface area contributed by atoms with E-state index in [1.807, 2.05) is 23.0 Å². The number of hydrogen-bond donors (Lipinski definition) is 1. The van der Waals surface area contributed by atoms with Crippen LogP contribution in [0.1, 0.15) is 24.7 Å². The topological polar surface area (TPSA) is 43.0 Å². The van der Waals surface area contributed by atoms with Crippen molar-refractivity contribution in [2.24, 2.45) is 0 Å². The van der Waals surface area contributed by atoms with Crippen LogP contribution in [-0.2, 0) is 13.1 Å². The van der Waals surface area contributed by atoms with E-state index in [4.69, 9.17) is 4.42 Å². The average molecular weight is 348 g/mol. The summed E-state index contributed by atoms with van der Waals surface area (Å²) in [7, 11) is 0. The molecule has 4 nitrogen and oxygen atoms in total. The number of aromatic nitrogens is 2. The first kappa shape index (κ1) is 14.4. The van der Waals surface area contributed by atoms with Gasteiger partial charge >= 0.3 is 0 Å². The predicted molar refractivity (Wildman–Crippen MR) is 87.2 cm³/mol. The monoisotopic (exact) mass is 347 g/mol. The van der Waals surface area contributed by atoms with E-state index >= 15 is 0 Å². The average Bonchev–Trinajstić information content (AvgIpc) is 3.04. The fraction of sp³-hybridized carbons (Fsp3) is 0.312. The molecule has 0 radical (unpaired) electrons. The molecule has 0 amide bonds. The molecule has 110 valence electrons. The van der Waals surface area contributed by atoms with Crippen LogP contribution in [0.15, 0.2) is 45.5 Å². The third-order valence-electron chi connectivity index (χ3n) is 3.42. The van der Waals surface area contributed by atoms with Crippen LogP contribution >= 0.6 is 15.9 Å². The summed E-state index contributed by atoms with van der Waals surface area (Å²) in [5.74, 6) is 0.968. The number of furan rings is 1. The molecule has 0 saturated heterocycles. The highest BCUT2D eigenvalue weighted by Crippen LogP contribution is 2.26. The van der Waals surface area contributed by atoms with Crippen LogP contribution in [0.25, 0.3) is 11.0 Å². The Balaban J connectivity index is 1.93. The molecule has 0 spiro atoms. The Kier molecular flexibility index (Phi) is 4.41. The Morgan fingerprint density at radius 2 is 2.19 bits per heavy atom. The van der Waals surface area contributed by atoms with Gasteiger partial charge in [-0.25, -0.2) is 0 Å². The first-order valence-electron chi connectivity index (χ1n) is 7.16. The largest absolute Gasteiger partial charge is 0.459 e. The predicted octanol–water partition coefficient (Wildman–Crippen LogP) is 3.94. The number of rotatable bonds is 6. The smallest absolute Gasteiger partial charge is 0.134 e. The van der Waals surface area contributed by atoms with Gasteiger partial charge in [0.05, 0.1) is 17.2 Å². The number of nitrogens with one attached hydrogen (secondary N) is 1. The van der Waals surface area contributed by atoms with Gasteiger partial charge in [0.15, 0.2) is 0 Å². The van der Waals surface area contributed by atoms with Crippen molar-refractivity contribution in [1.82, 2.24) is 15.1 Å². The molecule has 1 N–H and O–H groups in total. The molecule has 3 aromatic rings. The zero-order chi connectivity index (χ0) is 14.7. The number of hydrogen-bond acceptors (Lipinski definition) is 3. The van der Waals surface area contributed by atoms with Crippen molar-refractivity contribution in [3.63, 3.8) is 0 Å². The number of nitrogens with zero attached hydrogens (tertiary/aromatic N) is 2. The van der Waals surface area contributed by atoms with E-state index in [0.717, 1.165) is 35.3 Å². The molecule has 21 heavy (non-hydrogen) atoms. The molecule has 1 aromatic carbocycles. The molecule has 5 heteroatoms. The van der Waals surface area contributed by atoms with Crippen molar-refractivity contribution in [2.45, 2.75) is 26.4 Å². The van der Waals surface area contributed by atoms with Crippen molar-refractivity contribution in [3.8, 4) is 0 Å². The quantitative estimate of drug-likeness (QED) is 0.686. The zero-order valence-electron chi connectivity index (χ0n) is 12.0. The van der Waals surface area contributed by atoms with E-state index < -0.39 is 0 Å². The standard InChI is InChI=1S/C16H18BrN3O/c1-2-7-18-9-14-13-5-3-4-6-15(13)21-16(14)11-20-10-12(17)8-19-20/h3-6,8,10,18H,2,7,9,11H2,1H3. The van der Waals surface area contributed by atoms with Gasteiger partial charge in [-0.2, -0.15) is 5.10 Å². The highest BCUT2D eigenvalue weighted by atomic mass is 79.9. The second kappa shape index (κ2) is 6.45. The summed E-state index contributed by atoms with van der Waals surface area (Å²) in [5.41, 5.74) is 2.16. The maximum Gasteiger partial charge on any atom is 0.134 e. The van der Waals surface area contributed by atoms with Gasteiger partial charge in [0.1, 0.15) is 11.3 Å². The summed E-state index contributed by atoms with van der Waals surface area (Å²) >= 11 is 3.42. The van der Waals surface area contributed by atoms with Gasteiger partial charge in [0.25, 0.3) is 0 Å². The van der Waals surface area contributed by atoms with Crippen LogP contribution in [0.2, 0.25) is 0 Å². The van der Waals surface area contributed by atoms with E-state index in [9.17, 15) is 0 Å². The molecular weight excluding hydrogens is 330 g/mol. The maximum absolute atomic E-state index is 6.03. The van der Waals surface area contributed by atoms with Crippen LogP contribution in [0, 0.1) is 0 Å². The molecular formula is C16H18BrN3O. The number of halogens is 1. The number of fused-ring (bicyclic) bond motifs is 1. The van der Waals surface area contributed by atoms with Crippen molar-refractivity contribution >= 4 is 26.9 Å². The van der Waals surface area contributed by atoms with Gasteiger partial charge in [-0.05, 0) is 35.0 Å². The van der Waals surface area contributed by atoms with Gasteiger partial charge in [0, 0.05) is 23.7 Å². The lowest BCUT2D eigenvalue weighted by Gasteiger charge is -2.05. The number of para-hydroxylation sites is 1. The van der Waals surface area contributed by atoms with Gasteiger partial charge in [-0.15, -0.1) is 0 Å². The van der Waals surface area contributed by atoms with Crippen molar-refractivity contribution in [1.29, 1.82) is 0 Å². The number of benzene rings is 1. The Hall–Kier alpha value is -1.59. The minimum atomic E-state index is 0.642. The Morgan fingerprint density at radius 3 is 2.95 bits per heavy atom. The van der Waals surface area contributed by atoms with Crippen LogP contribution in [0.3, 0.4) is 0 Å². The second-order valence-corrected chi connectivity index (χ2v) is 5.95. The SMILES string of the molecule is CCCNCc1c(Cn2cc(Br)cn2)oc2ccccc12. The molecule has 2 aromatic heterocycles. The van der Waals surface area contributed by atoms with E-state index in [1.54, 1.807) is 6.20 Å². The minimum Gasteiger partial charge on any atom is -0.459 e. The van der Waals surface area contributed by atoms with Crippen LogP contribution < -0.4 is 5.32 Å². The summed E-state index contributed by atoms with van der Waals surface area (Å²) in [5, 5.41) is 8.95. The van der Waals surface area contributed by atoms with Crippen LogP contribution in [0.5, 0.6) is 0 Å². The van der Waals surface area contributed by atoms with E-state index in [1.165, 1.54) is 10.9 Å². The minimum absolute atomic E-state index is 0.642. The highest BCUT2D eigenvalue weighted by Gasteiger charge is 2.14. The fourth-order valence-electron chi connectivity index (χ4n) is 2.43. The molecule has 0 atom stereocenters. The Bertz CT molecular complexity index is 732. The summed E-state index contributed by atoms with van der Waals surface area (Å²) < 4.78 is 8.88. The van der Waals surface area contributed by atoms with Crippen LogP contribution in [0.4, 0.5) is 0 Å². The normalized spacial score (nSPS) is 11.3. The van der Waals surface area contributed by atoms with Crippen molar-refractivity contribution in [2.75, 3.05) is 6.54 Å². The second-order valence-electron chi connectivity index (χ2n) is 5.03. The molecule has 2 heterocycles. The summed E-state index contributed by atoms with van der Waals surface area (Å²) in [6.45, 7) is 4.64. The van der Waals surface area contributed by atoms with Gasteiger partial charge in [-0.1, -0.05) is 25.1 Å². The highest BCUT2D eigenvalue weighted by molar-refractivity contribution is 9.10. The Labute approximate surface area is 132 Å². The van der Waals surface area contributed by atoms with Crippen LogP contribution in [-0.4, -0.2) is 16.3 Å². The van der Waals surface area contributed by atoms with Crippen molar-refractivity contribution < 1.29 is 4.42 Å². The van der Waals surface area contributed by atoms with Gasteiger partial charge in [-0.3, -0.25) is 4.68 Å². The molecule has 0 unspecified atom stereocenters.